The van der Waals surface area contributed by atoms with Gasteiger partial charge < -0.3 is 9.72 Å². The van der Waals surface area contributed by atoms with Gasteiger partial charge in [-0.05, 0) is 12.1 Å². The average Bonchev–Trinajstić information content (AvgIpc) is 2.64. The number of nitrogens with zero attached hydrogens (tertiary/aromatic N) is 1. The van der Waals surface area contributed by atoms with E-state index >= 15 is 0 Å². The maximum absolute atomic E-state index is 11.2. The van der Waals surface area contributed by atoms with Crippen LogP contribution in [0, 0.1) is 0 Å². The molecule has 14 heavy (non-hydrogen) atoms. The zero-order chi connectivity index (χ0) is 10.1. The third-order valence-electron chi connectivity index (χ3n) is 1.86. The van der Waals surface area contributed by atoms with Crippen LogP contribution in [0.5, 0.6) is 0 Å². The molecule has 0 amide bonds. The topological polar surface area (TPSA) is 55.0 Å². The molecule has 0 fully saturated rings. The molecule has 72 valence electrons. The average molecular weight is 211 g/mol. The Morgan fingerprint density at radius 1 is 1.64 bits per heavy atom. The molecule has 2 heterocycles. The molecular weight excluding hydrogens is 204 g/mol. The van der Waals surface area contributed by atoms with Crippen LogP contribution in [0.4, 0.5) is 0 Å². The molecule has 0 saturated heterocycles. The van der Waals surface area contributed by atoms with Gasteiger partial charge in [0.05, 0.1) is 23.2 Å². The van der Waals surface area contributed by atoms with Gasteiger partial charge in [-0.1, -0.05) is 11.6 Å². The molecule has 1 N–H and O–H groups in total. The number of fused-ring (bicyclic) bond motifs is 1. The van der Waals surface area contributed by atoms with Crippen LogP contribution in [-0.2, 0) is 4.74 Å². The number of rotatable bonds is 1. The second-order valence-electron chi connectivity index (χ2n) is 2.72. The van der Waals surface area contributed by atoms with Crippen molar-refractivity contribution in [2.24, 2.45) is 0 Å². The van der Waals surface area contributed by atoms with Gasteiger partial charge in [0.25, 0.3) is 0 Å². The van der Waals surface area contributed by atoms with Crippen molar-refractivity contribution in [1.82, 2.24) is 9.97 Å². The first kappa shape index (κ1) is 9.02. The summed E-state index contributed by atoms with van der Waals surface area (Å²) in [6.45, 7) is 0. The van der Waals surface area contributed by atoms with Gasteiger partial charge in [0.15, 0.2) is 5.69 Å². The van der Waals surface area contributed by atoms with Gasteiger partial charge in [-0.15, -0.1) is 0 Å². The van der Waals surface area contributed by atoms with E-state index in [2.05, 4.69) is 14.7 Å². The number of aromatic amines is 1. The van der Waals surface area contributed by atoms with Gasteiger partial charge in [-0.2, -0.15) is 0 Å². The first-order chi connectivity index (χ1) is 6.72. The van der Waals surface area contributed by atoms with E-state index in [1.54, 1.807) is 12.3 Å². The number of hydrogen-bond acceptors (Lipinski definition) is 3. The lowest BCUT2D eigenvalue weighted by Gasteiger charge is -1.99. The quantitative estimate of drug-likeness (QED) is 0.733. The monoisotopic (exact) mass is 210 g/mol. The van der Waals surface area contributed by atoms with E-state index in [4.69, 9.17) is 11.6 Å². The number of hydrogen-bond donors (Lipinski definition) is 1. The van der Waals surface area contributed by atoms with E-state index in [1.165, 1.54) is 13.2 Å². The number of nitrogens with one attached hydrogen (secondary N) is 1. The van der Waals surface area contributed by atoms with Crippen molar-refractivity contribution in [3.63, 3.8) is 0 Å². The molecule has 0 unspecified atom stereocenters. The number of carbonyl (C=O) groups is 1. The Morgan fingerprint density at radius 2 is 2.43 bits per heavy atom. The van der Waals surface area contributed by atoms with Gasteiger partial charge in [-0.3, -0.25) is 0 Å². The Hall–Kier alpha value is -1.55. The molecule has 0 aliphatic heterocycles. The van der Waals surface area contributed by atoms with Crippen LogP contribution in [0.25, 0.3) is 11.0 Å². The number of carbonyl (C=O) groups excluding carboxylic acids is 1. The fourth-order valence-electron chi connectivity index (χ4n) is 1.21. The van der Waals surface area contributed by atoms with Crippen molar-refractivity contribution < 1.29 is 9.53 Å². The van der Waals surface area contributed by atoms with Crippen molar-refractivity contribution in [1.29, 1.82) is 0 Å². The van der Waals surface area contributed by atoms with Crippen molar-refractivity contribution in [3.8, 4) is 0 Å². The highest BCUT2D eigenvalue weighted by molar-refractivity contribution is 6.35. The third kappa shape index (κ3) is 1.33. The van der Waals surface area contributed by atoms with Gasteiger partial charge in [0, 0.05) is 6.20 Å². The van der Waals surface area contributed by atoms with Crippen LogP contribution in [0.3, 0.4) is 0 Å². The summed E-state index contributed by atoms with van der Waals surface area (Å²) in [7, 11) is 1.30. The fourth-order valence-corrected chi connectivity index (χ4v) is 1.46. The Bertz CT molecular complexity index is 493. The molecule has 0 aliphatic rings. The van der Waals surface area contributed by atoms with E-state index in [0.717, 1.165) is 5.52 Å². The van der Waals surface area contributed by atoms with E-state index in [9.17, 15) is 4.79 Å². The van der Waals surface area contributed by atoms with Crippen LogP contribution < -0.4 is 0 Å². The maximum atomic E-state index is 11.2. The summed E-state index contributed by atoms with van der Waals surface area (Å²) >= 11 is 5.93. The molecule has 0 saturated carbocycles. The summed E-state index contributed by atoms with van der Waals surface area (Å²) in [5.41, 5.74) is 1.59. The second-order valence-corrected chi connectivity index (χ2v) is 3.13. The summed E-state index contributed by atoms with van der Waals surface area (Å²) in [6.07, 6.45) is 1.71. The standard InChI is InChI=1S/C9H7ClN2O2/c1-14-9(13)7-4-5(10)8-6(12-7)2-3-11-8/h2-4,11H,1H3. The van der Waals surface area contributed by atoms with E-state index in [0.29, 0.717) is 10.5 Å². The number of H-pyrrole nitrogens is 1. The molecular formula is C9H7ClN2O2. The zero-order valence-electron chi connectivity index (χ0n) is 7.37. The highest BCUT2D eigenvalue weighted by Crippen LogP contribution is 2.21. The molecule has 0 bridgehead atoms. The van der Waals surface area contributed by atoms with Crippen LogP contribution in [-0.4, -0.2) is 23.0 Å². The summed E-state index contributed by atoms with van der Waals surface area (Å²) in [6, 6.07) is 3.22. The first-order valence-electron chi connectivity index (χ1n) is 3.94. The summed E-state index contributed by atoms with van der Waals surface area (Å²) in [5.74, 6) is -0.491. The molecule has 0 spiro atoms. The van der Waals surface area contributed by atoms with Crippen molar-refractivity contribution >= 4 is 28.6 Å². The third-order valence-corrected chi connectivity index (χ3v) is 2.16. The first-order valence-corrected chi connectivity index (χ1v) is 4.32. The number of halogens is 1. The zero-order valence-corrected chi connectivity index (χ0v) is 8.13. The molecule has 0 radical (unpaired) electrons. The SMILES string of the molecule is COC(=O)c1cc(Cl)c2[nH]ccc2n1. The smallest absolute Gasteiger partial charge is 0.356 e. The van der Waals surface area contributed by atoms with Crippen molar-refractivity contribution in [3.05, 3.63) is 29.0 Å². The van der Waals surface area contributed by atoms with Crippen LogP contribution in [0.1, 0.15) is 10.5 Å². The Balaban J connectivity index is 2.64. The highest BCUT2D eigenvalue weighted by atomic mass is 35.5. The van der Waals surface area contributed by atoms with Crippen molar-refractivity contribution in [2.45, 2.75) is 0 Å². The number of aromatic nitrogens is 2. The van der Waals surface area contributed by atoms with E-state index < -0.39 is 5.97 Å². The largest absolute Gasteiger partial charge is 0.464 e. The molecule has 0 atom stereocenters. The lowest BCUT2D eigenvalue weighted by molar-refractivity contribution is 0.0594. The molecule has 2 aromatic rings. The lowest BCUT2D eigenvalue weighted by Crippen LogP contribution is -2.03. The lowest BCUT2D eigenvalue weighted by atomic mass is 10.3. The Labute approximate surface area is 84.9 Å². The molecule has 2 aromatic heterocycles. The summed E-state index contributed by atoms with van der Waals surface area (Å²) in [5, 5.41) is 0.459. The maximum Gasteiger partial charge on any atom is 0.356 e. The predicted molar refractivity (Wildman–Crippen MR) is 52.4 cm³/mol. The Kier molecular flexibility index (Phi) is 2.13. The fraction of sp³-hybridized carbons (Fsp3) is 0.111. The second kappa shape index (κ2) is 3.31. The molecule has 0 aromatic carbocycles. The molecule has 0 aliphatic carbocycles. The minimum atomic E-state index is -0.491. The number of methoxy groups -OCH3 is 1. The molecule has 4 nitrogen and oxygen atoms in total. The molecule has 5 heteroatoms. The minimum absolute atomic E-state index is 0.213. The van der Waals surface area contributed by atoms with Gasteiger partial charge in [-0.25, -0.2) is 9.78 Å². The predicted octanol–water partition coefficient (Wildman–Crippen LogP) is 2.00. The van der Waals surface area contributed by atoms with Crippen LogP contribution in [0.2, 0.25) is 5.02 Å². The van der Waals surface area contributed by atoms with Crippen LogP contribution in [0.15, 0.2) is 18.3 Å². The van der Waals surface area contributed by atoms with Crippen molar-refractivity contribution in [2.75, 3.05) is 7.11 Å². The van der Waals surface area contributed by atoms with E-state index in [-0.39, 0.29) is 5.69 Å². The highest BCUT2D eigenvalue weighted by Gasteiger charge is 2.11. The van der Waals surface area contributed by atoms with Gasteiger partial charge in [0.2, 0.25) is 0 Å². The van der Waals surface area contributed by atoms with Gasteiger partial charge >= 0.3 is 5.97 Å². The van der Waals surface area contributed by atoms with Gasteiger partial charge in [0.1, 0.15) is 0 Å². The number of esters is 1. The summed E-state index contributed by atoms with van der Waals surface area (Å²) < 4.78 is 4.55. The number of pyridine rings is 1. The van der Waals surface area contributed by atoms with Crippen LogP contribution >= 0.6 is 11.6 Å². The van der Waals surface area contributed by atoms with E-state index in [1.807, 2.05) is 0 Å². The minimum Gasteiger partial charge on any atom is -0.464 e. The number of ether oxygens (including phenoxy) is 1. The molecule has 2 rings (SSSR count). The normalized spacial score (nSPS) is 10.4. The Morgan fingerprint density at radius 3 is 3.14 bits per heavy atom. The summed E-state index contributed by atoms with van der Waals surface area (Å²) in [4.78, 5) is 18.2.